The lowest BCUT2D eigenvalue weighted by molar-refractivity contribution is -0.288. The fraction of sp³-hybridized carbons (Fsp3) is 0.273. The summed E-state index contributed by atoms with van der Waals surface area (Å²) in [5, 5.41) is 39.6. The predicted octanol–water partition coefficient (Wildman–Crippen LogP) is 5.21. The molecule has 4 unspecified atom stereocenters. The van der Waals surface area contributed by atoms with Gasteiger partial charge >= 0.3 is 0 Å². The fourth-order valence-corrected chi connectivity index (χ4v) is 4.98. The van der Waals surface area contributed by atoms with Gasteiger partial charge in [-0.05, 0) is 29.8 Å². The standard InChI is InChI=1S/C22H14BrClN4O2/c1-13-21(12-27)19(28)30-22(13,15-5-7-16(23)8-6-15)29-18(20(21,10-25)11-26)14-3-2-4-17(24)9-14/h2-9,13,18,28H,1H3. The molecule has 1 N–H and O–H groups in total. The maximum atomic E-state index is 10.3. The molecule has 2 aliphatic heterocycles. The van der Waals surface area contributed by atoms with Gasteiger partial charge in [-0.15, -0.1) is 0 Å². The minimum atomic E-state index is -2.02. The molecule has 2 bridgehead atoms. The molecule has 2 aliphatic rings. The van der Waals surface area contributed by atoms with Crippen molar-refractivity contribution >= 4 is 33.4 Å². The SMILES string of the molecule is CC1C2(c3ccc(Br)cc3)OC(=N)C1(C#N)C(C#N)(C#N)C(c1cccc(Cl)c1)O2. The van der Waals surface area contributed by atoms with E-state index in [2.05, 4.69) is 22.0 Å². The van der Waals surface area contributed by atoms with E-state index in [-0.39, 0.29) is 0 Å². The average molecular weight is 482 g/mol. The first-order valence-corrected chi connectivity index (χ1v) is 10.2. The minimum Gasteiger partial charge on any atom is -0.443 e. The van der Waals surface area contributed by atoms with E-state index >= 15 is 0 Å². The van der Waals surface area contributed by atoms with Crippen LogP contribution in [0.2, 0.25) is 5.02 Å². The van der Waals surface area contributed by atoms with Gasteiger partial charge in [-0.2, -0.15) is 15.8 Å². The molecule has 4 rings (SSSR count). The van der Waals surface area contributed by atoms with E-state index in [0.29, 0.717) is 16.1 Å². The molecule has 2 fully saturated rings. The van der Waals surface area contributed by atoms with Crippen LogP contribution in [0.4, 0.5) is 0 Å². The van der Waals surface area contributed by atoms with Gasteiger partial charge in [0, 0.05) is 15.1 Å². The molecule has 0 aliphatic carbocycles. The van der Waals surface area contributed by atoms with Crippen molar-refractivity contribution in [1.82, 2.24) is 0 Å². The Bertz CT molecular complexity index is 1170. The van der Waals surface area contributed by atoms with E-state index in [1.54, 1.807) is 55.5 Å². The number of hydrogen-bond donors (Lipinski definition) is 1. The molecule has 4 atom stereocenters. The summed E-state index contributed by atoms with van der Waals surface area (Å²) < 4.78 is 13.2. The van der Waals surface area contributed by atoms with E-state index in [1.807, 2.05) is 12.1 Å². The maximum Gasteiger partial charge on any atom is 0.244 e. The molecular formula is C22H14BrClN4O2. The van der Waals surface area contributed by atoms with Crippen molar-refractivity contribution in [2.75, 3.05) is 0 Å². The summed E-state index contributed by atoms with van der Waals surface area (Å²) >= 11 is 9.55. The maximum absolute atomic E-state index is 10.3. The zero-order valence-electron chi connectivity index (χ0n) is 15.7. The topological polar surface area (TPSA) is 114 Å². The molecular weight excluding hydrogens is 468 g/mol. The number of hydrogen-bond acceptors (Lipinski definition) is 6. The quantitative estimate of drug-likeness (QED) is 0.632. The molecule has 30 heavy (non-hydrogen) atoms. The number of ether oxygens (including phenoxy) is 2. The van der Waals surface area contributed by atoms with Crippen LogP contribution in [0.5, 0.6) is 0 Å². The van der Waals surface area contributed by atoms with Gasteiger partial charge in [0.15, 0.2) is 5.41 Å². The lowest BCUT2D eigenvalue weighted by atomic mass is 9.53. The molecule has 0 saturated carbocycles. The summed E-state index contributed by atoms with van der Waals surface area (Å²) in [7, 11) is 0. The van der Waals surface area contributed by atoms with Gasteiger partial charge < -0.3 is 9.47 Å². The first-order chi connectivity index (χ1) is 14.3. The molecule has 0 amide bonds. The number of benzene rings is 2. The second kappa shape index (κ2) is 6.83. The van der Waals surface area contributed by atoms with Gasteiger partial charge in [0.2, 0.25) is 17.1 Å². The van der Waals surface area contributed by atoms with Crippen LogP contribution in [0.25, 0.3) is 0 Å². The summed E-state index contributed by atoms with van der Waals surface area (Å²) in [6, 6.07) is 19.9. The second-order valence-electron chi connectivity index (χ2n) is 7.33. The summed E-state index contributed by atoms with van der Waals surface area (Å²) in [6.45, 7) is 1.67. The zero-order chi connectivity index (χ0) is 21.7. The predicted molar refractivity (Wildman–Crippen MR) is 111 cm³/mol. The summed E-state index contributed by atoms with van der Waals surface area (Å²) in [4.78, 5) is 0. The van der Waals surface area contributed by atoms with Crippen LogP contribution in [-0.2, 0) is 15.3 Å². The van der Waals surface area contributed by atoms with Gasteiger partial charge in [-0.3, -0.25) is 5.41 Å². The molecule has 0 radical (unpaired) electrons. The number of nitriles is 3. The molecule has 0 spiro atoms. The largest absolute Gasteiger partial charge is 0.443 e. The Morgan fingerprint density at radius 3 is 2.30 bits per heavy atom. The van der Waals surface area contributed by atoms with Crippen LogP contribution in [0.15, 0.2) is 53.0 Å². The van der Waals surface area contributed by atoms with E-state index < -0.39 is 34.5 Å². The third-order valence-electron chi connectivity index (χ3n) is 6.07. The van der Waals surface area contributed by atoms with Crippen molar-refractivity contribution in [2.24, 2.45) is 16.7 Å². The normalized spacial score (nSPS) is 31.1. The van der Waals surface area contributed by atoms with Gasteiger partial charge in [-0.1, -0.05) is 58.7 Å². The monoisotopic (exact) mass is 480 g/mol. The first-order valence-electron chi connectivity index (χ1n) is 9.02. The van der Waals surface area contributed by atoms with Crippen molar-refractivity contribution in [3.05, 3.63) is 69.2 Å². The highest BCUT2D eigenvalue weighted by Crippen LogP contribution is 2.69. The van der Waals surface area contributed by atoms with Crippen molar-refractivity contribution < 1.29 is 9.47 Å². The Labute approximate surface area is 186 Å². The van der Waals surface area contributed by atoms with Crippen LogP contribution in [0.1, 0.15) is 24.2 Å². The van der Waals surface area contributed by atoms with Crippen molar-refractivity contribution in [3.63, 3.8) is 0 Å². The van der Waals surface area contributed by atoms with Crippen molar-refractivity contribution in [1.29, 1.82) is 21.2 Å². The molecule has 2 aromatic rings. The lowest BCUT2D eigenvalue weighted by Crippen LogP contribution is -2.57. The first kappa shape index (κ1) is 20.4. The van der Waals surface area contributed by atoms with Gasteiger partial charge in [0.1, 0.15) is 6.10 Å². The second-order valence-corrected chi connectivity index (χ2v) is 8.68. The molecule has 8 heteroatoms. The van der Waals surface area contributed by atoms with Crippen LogP contribution >= 0.6 is 27.5 Å². The third kappa shape index (κ3) is 2.33. The minimum absolute atomic E-state index is 0.395. The highest BCUT2D eigenvalue weighted by atomic mass is 79.9. The summed E-state index contributed by atoms with van der Waals surface area (Å²) in [5.41, 5.74) is -2.82. The Morgan fingerprint density at radius 1 is 1.07 bits per heavy atom. The zero-order valence-corrected chi connectivity index (χ0v) is 18.0. The molecule has 0 aromatic heterocycles. The van der Waals surface area contributed by atoms with Crippen LogP contribution in [0.3, 0.4) is 0 Å². The van der Waals surface area contributed by atoms with E-state index in [1.165, 1.54) is 0 Å². The number of rotatable bonds is 2. The molecule has 2 saturated heterocycles. The number of nitrogens with one attached hydrogen (secondary N) is 1. The van der Waals surface area contributed by atoms with Crippen LogP contribution < -0.4 is 0 Å². The van der Waals surface area contributed by atoms with E-state index in [4.69, 9.17) is 26.5 Å². The molecule has 2 aromatic carbocycles. The highest BCUT2D eigenvalue weighted by molar-refractivity contribution is 9.10. The smallest absolute Gasteiger partial charge is 0.244 e. The molecule has 6 nitrogen and oxygen atoms in total. The van der Waals surface area contributed by atoms with Crippen LogP contribution in [-0.4, -0.2) is 5.90 Å². The Balaban J connectivity index is 2.04. The fourth-order valence-electron chi connectivity index (χ4n) is 4.52. The van der Waals surface area contributed by atoms with Crippen molar-refractivity contribution in [3.8, 4) is 18.2 Å². The lowest BCUT2D eigenvalue weighted by Gasteiger charge is -2.48. The Morgan fingerprint density at radius 2 is 1.73 bits per heavy atom. The van der Waals surface area contributed by atoms with Gasteiger partial charge in [-0.25, -0.2) is 0 Å². The van der Waals surface area contributed by atoms with Crippen molar-refractivity contribution in [2.45, 2.75) is 18.8 Å². The number of halogens is 2. The molecule has 2 heterocycles. The third-order valence-corrected chi connectivity index (χ3v) is 6.83. The van der Waals surface area contributed by atoms with Gasteiger partial charge in [0.05, 0.1) is 24.1 Å². The number of fused-ring (bicyclic) bond motifs is 2. The number of nitrogens with zero attached hydrogens (tertiary/aromatic N) is 3. The Kier molecular flexibility index (Phi) is 4.64. The average Bonchev–Trinajstić information content (AvgIpc) is 2.90. The highest BCUT2D eigenvalue weighted by Gasteiger charge is 2.79. The Hall–Kier alpha value is -2.89. The van der Waals surface area contributed by atoms with Gasteiger partial charge in [0.25, 0.3) is 0 Å². The summed E-state index contributed by atoms with van der Waals surface area (Å²) in [6.07, 6.45) is -1.17. The summed E-state index contributed by atoms with van der Waals surface area (Å²) in [5.74, 6) is -2.77. The van der Waals surface area contributed by atoms with E-state index in [9.17, 15) is 15.8 Å². The molecule has 148 valence electrons. The van der Waals surface area contributed by atoms with E-state index in [0.717, 1.165) is 4.47 Å². The van der Waals surface area contributed by atoms with Crippen LogP contribution in [0, 0.1) is 56.2 Å².